The highest BCUT2D eigenvalue weighted by atomic mass is 32.2. The van der Waals surface area contributed by atoms with Crippen LogP contribution in [0.4, 0.5) is 0 Å². The second-order valence-electron chi connectivity index (χ2n) is 7.37. The average Bonchev–Trinajstić information content (AvgIpc) is 3.22. The summed E-state index contributed by atoms with van der Waals surface area (Å²) in [7, 11) is -3.44. The number of nitrogens with zero attached hydrogens (tertiary/aromatic N) is 1. The summed E-state index contributed by atoms with van der Waals surface area (Å²) in [6.45, 7) is 5.42. The fourth-order valence-corrected chi connectivity index (χ4v) is 4.75. The molecule has 0 saturated carbocycles. The van der Waals surface area contributed by atoms with Gasteiger partial charge in [0.15, 0.2) is 0 Å². The molecule has 2 aromatic carbocycles. The first kappa shape index (κ1) is 20.4. The first-order chi connectivity index (χ1) is 13.3. The van der Waals surface area contributed by atoms with Crippen molar-refractivity contribution in [2.45, 2.75) is 44.0 Å². The molecular weight excluding hydrogens is 376 g/mol. The lowest BCUT2D eigenvalue weighted by atomic mass is 10.00. The number of amides is 1. The molecule has 7 heteroatoms. The minimum absolute atomic E-state index is 0.0612. The van der Waals surface area contributed by atoms with Crippen molar-refractivity contribution in [3.63, 3.8) is 0 Å². The summed E-state index contributed by atoms with van der Waals surface area (Å²) in [4.78, 5) is 12.7. The number of hydrogen-bond donors (Lipinski definition) is 2. The Hall–Kier alpha value is -2.38. The van der Waals surface area contributed by atoms with E-state index in [1.807, 2.05) is 13.8 Å². The number of phenolic OH excluding ortho intramolecular Hbond substituents is 1. The van der Waals surface area contributed by atoms with Crippen LogP contribution in [0.3, 0.4) is 0 Å². The van der Waals surface area contributed by atoms with E-state index in [0.717, 1.165) is 24.0 Å². The van der Waals surface area contributed by atoms with E-state index in [0.29, 0.717) is 13.1 Å². The van der Waals surface area contributed by atoms with E-state index in [1.54, 1.807) is 36.4 Å². The van der Waals surface area contributed by atoms with Gasteiger partial charge in [-0.2, -0.15) is 4.31 Å². The number of benzene rings is 2. The van der Waals surface area contributed by atoms with E-state index in [9.17, 15) is 18.3 Å². The van der Waals surface area contributed by atoms with Crippen molar-refractivity contribution in [1.82, 2.24) is 9.62 Å². The maximum Gasteiger partial charge on any atom is 0.255 e. The molecular formula is C21H26N2O4S. The fourth-order valence-electron chi connectivity index (χ4n) is 3.23. The highest BCUT2D eigenvalue weighted by Crippen LogP contribution is 2.24. The monoisotopic (exact) mass is 402 g/mol. The van der Waals surface area contributed by atoms with Gasteiger partial charge in [-0.05, 0) is 54.2 Å². The summed E-state index contributed by atoms with van der Waals surface area (Å²) in [5.41, 5.74) is 1.99. The van der Waals surface area contributed by atoms with Gasteiger partial charge in [0.2, 0.25) is 10.0 Å². The molecule has 2 aromatic rings. The molecule has 0 bridgehead atoms. The highest BCUT2D eigenvalue weighted by molar-refractivity contribution is 7.89. The van der Waals surface area contributed by atoms with Crippen LogP contribution in [0.25, 0.3) is 0 Å². The van der Waals surface area contributed by atoms with Crippen LogP contribution in [-0.4, -0.2) is 36.8 Å². The Labute approximate surface area is 166 Å². The van der Waals surface area contributed by atoms with Crippen molar-refractivity contribution in [3.8, 4) is 5.75 Å². The maximum absolute atomic E-state index is 12.5. The standard InChI is InChI=1S/C21H26N2O4S/c1-15(2)17-7-10-20(24)19(13-17)21(25)22-14-16-5-8-18(9-6-16)28(26,27)23-11-3-4-12-23/h5-10,13,15,24H,3-4,11-12,14H2,1-2H3,(H,22,25). The SMILES string of the molecule is CC(C)c1ccc(O)c(C(=O)NCc2ccc(S(=O)(=O)N3CCCC3)cc2)c1. The predicted octanol–water partition coefficient (Wildman–Crippen LogP) is 3.23. The number of carbonyl (C=O) groups excluding carboxylic acids is 1. The molecule has 1 aliphatic heterocycles. The van der Waals surface area contributed by atoms with Gasteiger partial charge in [-0.15, -0.1) is 0 Å². The molecule has 6 nitrogen and oxygen atoms in total. The van der Waals surface area contributed by atoms with Crippen molar-refractivity contribution < 1.29 is 18.3 Å². The topological polar surface area (TPSA) is 86.7 Å². The van der Waals surface area contributed by atoms with Crippen LogP contribution in [-0.2, 0) is 16.6 Å². The van der Waals surface area contributed by atoms with Crippen LogP contribution in [0.5, 0.6) is 5.75 Å². The van der Waals surface area contributed by atoms with Crippen LogP contribution in [0.2, 0.25) is 0 Å². The summed E-state index contributed by atoms with van der Waals surface area (Å²) in [5.74, 6) is -0.181. The van der Waals surface area contributed by atoms with Crippen LogP contribution in [0, 0.1) is 0 Å². The number of carbonyl (C=O) groups is 1. The smallest absolute Gasteiger partial charge is 0.255 e. The minimum Gasteiger partial charge on any atom is -0.507 e. The molecule has 1 saturated heterocycles. The second kappa shape index (κ2) is 8.32. The zero-order valence-electron chi connectivity index (χ0n) is 16.2. The largest absolute Gasteiger partial charge is 0.507 e. The molecule has 0 aliphatic carbocycles. The molecule has 150 valence electrons. The Morgan fingerprint density at radius 1 is 1.11 bits per heavy atom. The maximum atomic E-state index is 12.5. The Balaban J connectivity index is 1.67. The van der Waals surface area contributed by atoms with E-state index in [4.69, 9.17) is 0 Å². The number of nitrogens with one attached hydrogen (secondary N) is 1. The lowest BCUT2D eigenvalue weighted by Crippen LogP contribution is -2.28. The molecule has 0 radical (unpaired) electrons. The first-order valence-electron chi connectivity index (χ1n) is 9.49. The Morgan fingerprint density at radius 2 is 1.75 bits per heavy atom. The molecule has 2 N–H and O–H groups in total. The third kappa shape index (κ3) is 4.36. The molecule has 0 unspecified atom stereocenters. The van der Waals surface area contributed by atoms with Crippen LogP contribution in [0.15, 0.2) is 47.4 Å². The van der Waals surface area contributed by atoms with Gasteiger partial charge < -0.3 is 10.4 Å². The van der Waals surface area contributed by atoms with Gasteiger partial charge in [0.25, 0.3) is 5.91 Å². The molecule has 1 fully saturated rings. The molecule has 28 heavy (non-hydrogen) atoms. The fraction of sp³-hybridized carbons (Fsp3) is 0.381. The van der Waals surface area contributed by atoms with Gasteiger partial charge in [0.1, 0.15) is 5.75 Å². The molecule has 1 aliphatic rings. The quantitative estimate of drug-likeness (QED) is 0.777. The summed E-state index contributed by atoms with van der Waals surface area (Å²) < 4.78 is 26.6. The molecule has 1 amide bonds. The van der Waals surface area contributed by atoms with Crippen LogP contribution in [0.1, 0.15) is 54.1 Å². The highest BCUT2D eigenvalue weighted by Gasteiger charge is 2.26. The summed E-state index contributed by atoms with van der Waals surface area (Å²) >= 11 is 0. The lowest BCUT2D eigenvalue weighted by molar-refractivity contribution is 0.0948. The van der Waals surface area contributed by atoms with E-state index in [-0.39, 0.29) is 34.6 Å². The molecule has 0 atom stereocenters. The van der Waals surface area contributed by atoms with E-state index in [1.165, 1.54) is 10.4 Å². The number of phenols is 1. The van der Waals surface area contributed by atoms with Gasteiger partial charge in [0.05, 0.1) is 10.5 Å². The van der Waals surface area contributed by atoms with Crippen molar-refractivity contribution in [1.29, 1.82) is 0 Å². The predicted molar refractivity (Wildman–Crippen MR) is 108 cm³/mol. The molecule has 1 heterocycles. The second-order valence-corrected chi connectivity index (χ2v) is 9.31. The summed E-state index contributed by atoms with van der Waals surface area (Å²) in [6, 6.07) is 11.6. The van der Waals surface area contributed by atoms with Gasteiger partial charge in [-0.25, -0.2) is 8.42 Å². The van der Waals surface area contributed by atoms with Crippen molar-refractivity contribution >= 4 is 15.9 Å². The van der Waals surface area contributed by atoms with Gasteiger partial charge in [-0.1, -0.05) is 32.0 Å². The third-order valence-electron chi connectivity index (χ3n) is 5.01. The van der Waals surface area contributed by atoms with Crippen molar-refractivity contribution in [2.24, 2.45) is 0 Å². The number of hydrogen-bond acceptors (Lipinski definition) is 4. The number of aromatic hydroxyl groups is 1. The van der Waals surface area contributed by atoms with E-state index in [2.05, 4.69) is 5.32 Å². The molecule has 0 spiro atoms. The van der Waals surface area contributed by atoms with Crippen molar-refractivity contribution in [2.75, 3.05) is 13.1 Å². The van der Waals surface area contributed by atoms with Gasteiger partial charge in [0, 0.05) is 19.6 Å². The lowest BCUT2D eigenvalue weighted by Gasteiger charge is -2.15. The molecule has 0 aromatic heterocycles. The van der Waals surface area contributed by atoms with Crippen LogP contribution >= 0.6 is 0 Å². The normalized spacial score (nSPS) is 15.1. The van der Waals surface area contributed by atoms with Crippen molar-refractivity contribution in [3.05, 3.63) is 59.2 Å². The van der Waals surface area contributed by atoms with Gasteiger partial charge in [-0.3, -0.25) is 4.79 Å². The minimum atomic E-state index is -3.44. The number of rotatable bonds is 6. The Kier molecular flexibility index (Phi) is 6.05. The zero-order valence-corrected chi connectivity index (χ0v) is 17.0. The average molecular weight is 403 g/mol. The number of sulfonamides is 1. The Bertz CT molecular complexity index is 947. The van der Waals surface area contributed by atoms with E-state index >= 15 is 0 Å². The van der Waals surface area contributed by atoms with Crippen LogP contribution < -0.4 is 5.32 Å². The molecule has 3 rings (SSSR count). The van der Waals surface area contributed by atoms with E-state index < -0.39 is 10.0 Å². The zero-order chi connectivity index (χ0) is 20.3. The summed E-state index contributed by atoms with van der Waals surface area (Å²) in [5, 5.41) is 12.8. The van der Waals surface area contributed by atoms with Gasteiger partial charge >= 0.3 is 0 Å². The third-order valence-corrected chi connectivity index (χ3v) is 6.92. The summed E-state index contributed by atoms with van der Waals surface area (Å²) in [6.07, 6.45) is 1.79. The first-order valence-corrected chi connectivity index (χ1v) is 10.9. The Morgan fingerprint density at radius 3 is 2.36 bits per heavy atom.